The second-order valence-corrected chi connectivity index (χ2v) is 6.18. The molecule has 118 valence electrons. The predicted octanol–water partition coefficient (Wildman–Crippen LogP) is 2.12. The maximum Gasteiger partial charge on any atom is 0.252 e. The van der Waals surface area contributed by atoms with Gasteiger partial charge in [0.15, 0.2) is 0 Å². The fourth-order valence-electron chi connectivity index (χ4n) is 3.44. The van der Waals surface area contributed by atoms with Crippen LogP contribution in [0.25, 0.3) is 0 Å². The van der Waals surface area contributed by atoms with E-state index in [-0.39, 0.29) is 18.3 Å². The van der Waals surface area contributed by atoms with E-state index in [4.69, 9.17) is 4.74 Å². The van der Waals surface area contributed by atoms with Crippen LogP contribution in [-0.4, -0.2) is 38.3 Å². The van der Waals surface area contributed by atoms with Crippen molar-refractivity contribution in [3.63, 3.8) is 0 Å². The average Bonchev–Trinajstić information content (AvgIpc) is 2.46. The van der Waals surface area contributed by atoms with Crippen LogP contribution in [0.1, 0.15) is 45.4 Å². The number of ether oxygens (including phenoxy) is 1. The van der Waals surface area contributed by atoms with Gasteiger partial charge in [-0.15, -0.1) is 12.4 Å². The van der Waals surface area contributed by atoms with E-state index in [1.165, 1.54) is 25.7 Å². The van der Waals surface area contributed by atoms with Crippen LogP contribution in [0.15, 0.2) is 0 Å². The summed E-state index contributed by atoms with van der Waals surface area (Å²) in [6.07, 6.45) is 6.76. The minimum atomic E-state index is -0.594. The van der Waals surface area contributed by atoms with Gasteiger partial charge in [0.25, 0.3) is 5.91 Å². The summed E-state index contributed by atoms with van der Waals surface area (Å²) in [6, 6.07) is 0. The Morgan fingerprint density at radius 3 is 2.55 bits per heavy atom. The fourth-order valence-corrected chi connectivity index (χ4v) is 3.44. The molecule has 5 heteroatoms. The molecule has 0 radical (unpaired) electrons. The molecule has 2 N–H and O–H groups in total. The molecule has 1 aliphatic carbocycles. The van der Waals surface area contributed by atoms with Crippen LogP contribution in [0, 0.1) is 11.8 Å². The van der Waals surface area contributed by atoms with E-state index in [9.17, 15) is 4.79 Å². The van der Waals surface area contributed by atoms with Crippen LogP contribution in [0.5, 0.6) is 0 Å². The van der Waals surface area contributed by atoms with Crippen molar-refractivity contribution in [2.24, 2.45) is 11.8 Å². The van der Waals surface area contributed by atoms with E-state index >= 15 is 0 Å². The van der Waals surface area contributed by atoms with E-state index in [0.717, 1.165) is 38.4 Å². The standard InChI is InChI=1S/C15H28N2O2.ClH/c1-12-5-3-4-6-13(12)11-17-14(18)15(19-2)7-9-16-10-8-15;/h12-13,16H,3-11H2,1-2H3,(H,17,18);1H. The summed E-state index contributed by atoms with van der Waals surface area (Å²) in [4.78, 5) is 12.4. The van der Waals surface area contributed by atoms with E-state index < -0.39 is 5.60 Å². The van der Waals surface area contributed by atoms with E-state index in [1.807, 2.05) is 0 Å². The Morgan fingerprint density at radius 2 is 1.95 bits per heavy atom. The smallest absolute Gasteiger partial charge is 0.252 e. The van der Waals surface area contributed by atoms with Crippen LogP contribution in [0.4, 0.5) is 0 Å². The number of nitrogens with one attached hydrogen (secondary N) is 2. The topological polar surface area (TPSA) is 50.4 Å². The molecule has 1 aliphatic heterocycles. The van der Waals surface area contributed by atoms with Crippen molar-refractivity contribution < 1.29 is 9.53 Å². The molecule has 2 atom stereocenters. The highest BCUT2D eigenvalue weighted by Gasteiger charge is 2.39. The maximum absolute atomic E-state index is 12.4. The van der Waals surface area contributed by atoms with Gasteiger partial charge in [0.2, 0.25) is 0 Å². The van der Waals surface area contributed by atoms with Gasteiger partial charge in [0.1, 0.15) is 5.60 Å². The molecule has 2 rings (SSSR count). The van der Waals surface area contributed by atoms with Gasteiger partial charge in [-0.1, -0.05) is 26.2 Å². The first-order valence-corrected chi connectivity index (χ1v) is 7.72. The molecular formula is C15H29ClN2O2. The second-order valence-electron chi connectivity index (χ2n) is 6.18. The molecule has 1 saturated heterocycles. The van der Waals surface area contributed by atoms with Gasteiger partial charge in [-0.25, -0.2) is 0 Å². The first-order valence-electron chi connectivity index (χ1n) is 7.72. The zero-order valence-electron chi connectivity index (χ0n) is 12.7. The Kier molecular flexibility index (Phi) is 7.27. The van der Waals surface area contributed by atoms with Crippen LogP contribution in [-0.2, 0) is 9.53 Å². The largest absolute Gasteiger partial charge is 0.368 e. The number of amides is 1. The molecule has 4 nitrogen and oxygen atoms in total. The molecule has 0 aromatic rings. The summed E-state index contributed by atoms with van der Waals surface area (Å²) in [6.45, 7) is 4.85. The number of methoxy groups -OCH3 is 1. The Labute approximate surface area is 128 Å². The Hall–Kier alpha value is -0.320. The summed E-state index contributed by atoms with van der Waals surface area (Å²) >= 11 is 0. The lowest BCUT2D eigenvalue weighted by atomic mass is 9.80. The quantitative estimate of drug-likeness (QED) is 0.836. The number of rotatable bonds is 4. The van der Waals surface area contributed by atoms with Crippen LogP contribution in [0.3, 0.4) is 0 Å². The van der Waals surface area contributed by atoms with E-state index in [0.29, 0.717) is 5.92 Å². The molecule has 1 amide bonds. The number of hydrogen-bond acceptors (Lipinski definition) is 3. The lowest BCUT2D eigenvalue weighted by Crippen LogP contribution is -2.55. The number of carbonyl (C=O) groups excluding carboxylic acids is 1. The van der Waals surface area contributed by atoms with Gasteiger partial charge in [-0.2, -0.15) is 0 Å². The van der Waals surface area contributed by atoms with Crippen molar-refractivity contribution in [3.8, 4) is 0 Å². The fraction of sp³-hybridized carbons (Fsp3) is 0.933. The third-order valence-corrected chi connectivity index (χ3v) is 5.03. The number of hydrogen-bond donors (Lipinski definition) is 2. The van der Waals surface area contributed by atoms with E-state index in [2.05, 4.69) is 17.6 Å². The first kappa shape index (κ1) is 17.7. The Morgan fingerprint density at radius 1 is 1.30 bits per heavy atom. The lowest BCUT2D eigenvalue weighted by Gasteiger charge is -2.36. The molecule has 20 heavy (non-hydrogen) atoms. The first-order chi connectivity index (χ1) is 9.18. The lowest BCUT2D eigenvalue weighted by molar-refractivity contribution is -0.147. The molecule has 2 aliphatic rings. The second kappa shape index (κ2) is 8.20. The summed E-state index contributed by atoms with van der Waals surface area (Å²) in [5.74, 6) is 1.48. The molecule has 0 aromatic carbocycles. The van der Waals surface area contributed by atoms with Gasteiger partial charge in [-0.05, 0) is 44.2 Å². The number of carbonyl (C=O) groups is 1. The van der Waals surface area contributed by atoms with Gasteiger partial charge in [-0.3, -0.25) is 4.79 Å². The summed E-state index contributed by atoms with van der Waals surface area (Å²) in [5, 5.41) is 6.43. The zero-order chi connectivity index (χ0) is 13.7. The van der Waals surface area contributed by atoms with Crippen molar-refractivity contribution in [1.29, 1.82) is 0 Å². The van der Waals surface area contributed by atoms with Gasteiger partial charge >= 0.3 is 0 Å². The molecule has 0 spiro atoms. The molecule has 0 bridgehead atoms. The maximum atomic E-state index is 12.4. The number of piperidine rings is 1. The molecule has 2 unspecified atom stereocenters. The van der Waals surface area contributed by atoms with Crippen molar-refractivity contribution in [1.82, 2.24) is 10.6 Å². The third kappa shape index (κ3) is 4.09. The molecular weight excluding hydrogens is 276 g/mol. The van der Waals surface area contributed by atoms with Crippen molar-refractivity contribution in [3.05, 3.63) is 0 Å². The van der Waals surface area contributed by atoms with E-state index in [1.54, 1.807) is 7.11 Å². The van der Waals surface area contributed by atoms with Crippen molar-refractivity contribution in [2.45, 2.75) is 51.0 Å². The minimum Gasteiger partial charge on any atom is -0.368 e. The number of halogens is 1. The van der Waals surface area contributed by atoms with Gasteiger partial charge in [0.05, 0.1) is 0 Å². The predicted molar refractivity (Wildman–Crippen MR) is 83.2 cm³/mol. The minimum absolute atomic E-state index is 0. The SMILES string of the molecule is COC1(C(=O)NCC2CCCCC2C)CCNCC1.Cl. The third-order valence-electron chi connectivity index (χ3n) is 5.03. The Bertz CT molecular complexity index is 306. The van der Waals surface area contributed by atoms with Crippen LogP contribution in [0.2, 0.25) is 0 Å². The Balaban J connectivity index is 0.00000200. The summed E-state index contributed by atoms with van der Waals surface area (Å²) in [5.41, 5.74) is -0.594. The van der Waals surface area contributed by atoms with Crippen molar-refractivity contribution >= 4 is 18.3 Å². The van der Waals surface area contributed by atoms with Crippen molar-refractivity contribution in [2.75, 3.05) is 26.7 Å². The highest BCUT2D eigenvalue weighted by Crippen LogP contribution is 2.29. The van der Waals surface area contributed by atoms with Gasteiger partial charge in [0, 0.05) is 13.7 Å². The zero-order valence-corrected chi connectivity index (χ0v) is 13.6. The van der Waals surface area contributed by atoms with Gasteiger partial charge < -0.3 is 15.4 Å². The molecule has 1 saturated carbocycles. The highest BCUT2D eigenvalue weighted by molar-refractivity contribution is 5.85. The summed E-state index contributed by atoms with van der Waals surface area (Å²) in [7, 11) is 1.66. The van der Waals surface area contributed by atoms with Crippen LogP contribution >= 0.6 is 12.4 Å². The summed E-state index contributed by atoms with van der Waals surface area (Å²) < 4.78 is 5.56. The molecule has 2 fully saturated rings. The highest BCUT2D eigenvalue weighted by atomic mass is 35.5. The monoisotopic (exact) mass is 304 g/mol. The normalized spacial score (nSPS) is 29.3. The van der Waals surface area contributed by atoms with Crippen LogP contribution < -0.4 is 10.6 Å². The average molecular weight is 305 g/mol. The molecule has 0 aromatic heterocycles. The molecule has 1 heterocycles.